The molecule has 20 heavy (non-hydrogen) atoms. The van der Waals surface area contributed by atoms with Crippen LogP contribution in [-0.4, -0.2) is 25.2 Å². The van der Waals surface area contributed by atoms with E-state index in [1.54, 1.807) is 43.4 Å². The molecule has 5 nitrogen and oxygen atoms in total. The number of anilines is 2. The summed E-state index contributed by atoms with van der Waals surface area (Å²) >= 11 is 0. The third-order valence-corrected chi connectivity index (χ3v) is 2.98. The number of amides is 1. The number of benzene rings is 2. The van der Waals surface area contributed by atoms with Crippen LogP contribution in [0.3, 0.4) is 0 Å². The maximum absolute atomic E-state index is 12.5. The highest BCUT2D eigenvalue weighted by molar-refractivity contribution is 6.07. The molecule has 0 aromatic heterocycles. The van der Waals surface area contributed by atoms with Crippen molar-refractivity contribution >= 4 is 17.3 Å². The van der Waals surface area contributed by atoms with Gasteiger partial charge in [0.1, 0.15) is 11.5 Å². The van der Waals surface area contributed by atoms with Gasteiger partial charge in [-0.1, -0.05) is 6.07 Å². The summed E-state index contributed by atoms with van der Waals surface area (Å²) in [5, 5.41) is 9.47. The van der Waals surface area contributed by atoms with E-state index in [0.717, 1.165) is 0 Å². The Morgan fingerprint density at radius 3 is 2.65 bits per heavy atom. The van der Waals surface area contributed by atoms with Crippen LogP contribution in [0.5, 0.6) is 11.5 Å². The Balaban J connectivity index is 2.36. The Morgan fingerprint density at radius 1 is 1.25 bits per heavy atom. The summed E-state index contributed by atoms with van der Waals surface area (Å²) in [4.78, 5) is 13.9. The van der Waals surface area contributed by atoms with Gasteiger partial charge in [0, 0.05) is 30.6 Å². The van der Waals surface area contributed by atoms with Crippen LogP contribution in [0.15, 0.2) is 42.5 Å². The van der Waals surface area contributed by atoms with Gasteiger partial charge in [0.25, 0.3) is 5.91 Å². The fourth-order valence-electron chi connectivity index (χ4n) is 1.88. The number of hydrogen-bond donors (Lipinski definition) is 2. The molecule has 3 N–H and O–H groups in total. The van der Waals surface area contributed by atoms with Gasteiger partial charge in [-0.05, 0) is 24.3 Å². The standard InChI is InChI=1S/C15H16N2O3/c1-17(11-4-3-5-12(18)9-11)15(19)13-7-6-10(16)8-14(13)20-2/h3-9,18H,16H2,1-2H3. The van der Waals surface area contributed by atoms with Crippen molar-refractivity contribution in [2.24, 2.45) is 0 Å². The Kier molecular flexibility index (Phi) is 3.79. The van der Waals surface area contributed by atoms with Gasteiger partial charge in [0.05, 0.1) is 12.7 Å². The summed E-state index contributed by atoms with van der Waals surface area (Å²) in [5.41, 5.74) is 7.20. The van der Waals surface area contributed by atoms with Gasteiger partial charge in [0.2, 0.25) is 0 Å². The fraction of sp³-hybridized carbons (Fsp3) is 0.133. The number of methoxy groups -OCH3 is 1. The van der Waals surface area contributed by atoms with Gasteiger partial charge in [-0.3, -0.25) is 4.79 Å². The maximum Gasteiger partial charge on any atom is 0.261 e. The topological polar surface area (TPSA) is 75.8 Å². The van der Waals surface area contributed by atoms with E-state index in [-0.39, 0.29) is 11.7 Å². The van der Waals surface area contributed by atoms with Crippen LogP contribution in [0.2, 0.25) is 0 Å². The molecule has 0 saturated carbocycles. The molecular formula is C15H16N2O3. The average Bonchev–Trinajstić information content (AvgIpc) is 2.45. The maximum atomic E-state index is 12.5. The molecule has 0 aliphatic rings. The lowest BCUT2D eigenvalue weighted by atomic mass is 10.1. The highest BCUT2D eigenvalue weighted by Crippen LogP contribution is 2.26. The summed E-state index contributed by atoms with van der Waals surface area (Å²) in [7, 11) is 3.12. The van der Waals surface area contributed by atoms with E-state index in [1.807, 2.05) is 0 Å². The smallest absolute Gasteiger partial charge is 0.261 e. The number of nitrogens with two attached hydrogens (primary N) is 1. The van der Waals surface area contributed by atoms with Crippen molar-refractivity contribution in [3.8, 4) is 11.5 Å². The van der Waals surface area contributed by atoms with Crippen molar-refractivity contribution in [1.29, 1.82) is 0 Å². The minimum atomic E-state index is -0.243. The normalized spacial score (nSPS) is 10.1. The Morgan fingerprint density at radius 2 is 2.00 bits per heavy atom. The fourth-order valence-corrected chi connectivity index (χ4v) is 1.88. The molecule has 5 heteroatoms. The number of carbonyl (C=O) groups excluding carboxylic acids is 1. The molecule has 2 aromatic carbocycles. The quantitative estimate of drug-likeness (QED) is 0.840. The van der Waals surface area contributed by atoms with Gasteiger partial charge in [-0.25, -0.2) is 0 Å². The molecule has 0 atom stereocenters. The molecule has 0 saturated heterocycles. The summed E-state index contributed by atoms with van der Waals surface area (Å²) in [6, 6.07) is 11.3. The number of phenolic OH excluding ortho intramolecular Hbond substituents is 1. The minimum absolute atomic E-state index is 0.103. The average molecular weight is 272 g/mol. The number of hydrogen-bond acceptors (Lipinski definition) is 4. The van der Waals surface area contributed by atoms with E-state index >= 15 is 0 Å². The Labute approximate surface area is 117 Å². The number of nitrogen functional groups attached to an aromatic ring is 1. The molecule has 2 rings (SSSR count). The van der Waals surface area contributed by atoms with Gasteiger partial charge in [0.15, 0.2) is 0 Å². The van der Waals surface area contributed by atoms with E-state index in [9.17, 15) is 9.90 Å². The van der Waals surface area contributed by atoms with Gasteiger partial charge < -0.3 is 20.5 Å². The lowest BCUT2D eigenvalue weighted by Gasteiger charge is -2.19. The molecule has 104 valence electrons. The summed E-state index contributed by atoms with van der Waals surface area (Å²) in [6.07, 6.45) is 0. The predicted molar refractivity (Wildman–Crippen MR) is 78.2 cm³/mol. The number of carbonyl (C=O) groups is 1. The van der Waals surface area contributed by atoms with Crippen LogP contribution < -0.4 is 15.4 Å². The van der Waals surface area contributed by atoms with Gasteiger partial charge >= 0.3 is 0 Å². The lowest BCUT2D eigenvalue weighted by molar-refractivity contribution is 0.0990. The summed E-state index contributed by atoms with van der Waals surface area (Å²) in [6.45, 7) is 0. The first-order chi connectivity index (χ1) is 9.52. The zero-order chi connectivity index (χ0) is 14.7. The second-order valence-electron chi connectivity index (χ2n) is 4.34. The van der Waals surface area contributed by atoms with Gasteiger partial charge in [-0.2, -0.15) is 0 Å². The SMILES string of the molecule is COc1cc(N)ccc1C(=O)N(C)c1cccc(O)c1. The number of phenols is 1. The lowest BCUT2D eigenvalue weighted by Crippen LogP contribution is -2.26. The van der Waals surface area contributed by atoms with Crippen LogP contribution in [0.1, 0.15) is 10.4 Å². The van der Waals surface area contributed by atoms with Crippen molar-refractivity contribution in [2.75, 3.05) is 24.8 Å². The second-order valence-corrected chi connectivity index (χ2v) is 4.34. The largest absolute Gasteiger partial charge is 0.508 e. The highest BCUT2D eigenvalue weighted by Gasteiger charge is 2.18. The molecule has 0 radical (unpaired) electrons. The number of aromatic hydroxyl groups is 1. The zero-order valence-electron chi connectivity index (χ0n) is 11.3. The molecule has 0 unspecified atom stereocenters. The number of ether oxygens (including phenoxy) is 1. The molecule has 0 aliphatic heterocycles. The Hall–Kier alpha value is -2.69. The highest BCUT2D eigenvalue weighted by atomic mass is 16.5. The predicted octanol–water partition coefficient (Wildman–Crippen LogP) is 2.26. The third-order valence-electron chi connectivity index (χ3n) is 2.98. The molecule has 0 heterocycles. The van der Waals surface area contributed by atoms with Crippen molar-refractivity contribution in [1.82, 2.24) is 0 Å². The van der Waals surface area contributed by atoms with E-state index in [4.69, 9.17) is 10.5 Å². The van der Waals surface area contributed by atoms with E-state index in [0.29, 0.717) is 22.7 Å². The molecule has 1 amide bonds. The first-order valence-electron chi connectivity index (χ1n) is 6.03. The van der Waals surface area contributed by atoms with Crippen LogP contribution in [0, 0.1) is 0 Å². The number of rotatable bonds is 3. The van der Waals surface area contributed by atoms with E-state index < -0.39 is 0 Å². The minimum Gasteiger partial charge on any atom is -0.508 e. The molecular weight excluding hydrogens is 256 g/mol. The van der Waals surface area contributed by atoms with Crippen molar-refractivity contribution in [3.05, 3.63) is 48.0 Å². The monoisotopic (exact) mass is 272 g/mol. The molecule has 0 spiro atoms. The molecule has 0 bridgehead atoms. The van der Waals surface area contributed by atoms with Crippen LogP contribution in [-0.2, 0) is 0 Å². The molecule has 2 aromatic rings. The third kappa shape index (κ3) is 2.66. The van der Waals surface area contributed by atoms with Crippen LogP contribution in [0.4, 0.5) is 11.4 Å². The van der Waals surface area contributed by atoms with E-state index in [2.05, 4.69) is 0 Å². The summed E-state index contributed by atoms with van der Waals surface area (Å²) < 4.78 is 5.18. The zero-order valence-corrected chi connectivity index (χ0v) is 11.3. The van der Waals surface area contributed by atoms with Crippen molar-refractivity contribution < 1.29 is 14.6 Å². The van der Waals surface area contributed by atoms with Crippen molar-refractivity contribution in [3.63, 3.8) is 0 Å². The second kappa shape index (κ2) is 5.52. The first kappa shape index (κ1) is 13.7. The number of nitrogens with zero attached hydrogens (tertiary/aromatic N) is 1. The molecule has 0 fully saturated rings. The first-order valence-corrected chi connectivity index (χ1v) is 6.03. The summed E-state index contributed by atoms with van der Waals surface area (Å²) in [5.74, 6) is 0.279. The Bertz CT molecular complexity index is 641. The van der Waals surface area contributed by atoms with Crippen molar-refractivity contribution in [2.45, 2.75) is 0 Å². The van der Waals surface area contributed by atoms with Crippen LogP contribution in [0.25, 0.3) is 0 Å². The van der Waals surface area contributed by atoms with Crippen LogP contribution >= 0.6 is 0 Å². The van der Waals surface area contributed by atoms with E-state index in [1.165, 1.54) is 18.1 Å². The molecule has 0 aliphatic carbocycles. The van der Waals surface area contributed by atoms with Gasteiger partial charge in [-0.15, -0.1) is 0 Å².